The number of hydrogen-bond acceptors (Lipinski definition) is 7. The number of carbonyl (C=O) groups is 1. The van der Waals surface area contributed by atoms with Crippen LogP contribution in [0.4, 0.5) is 17.1 Å². The third-order valence-corrected chi connectivity index (χ3v) is 8.39. The van der Waals surface area contributed by atoms with Crippen molar-refractivity contribution in [3.63, 3.8) is 0 Å². The van der Waals surface area contributed by atoms with E-state index in [0.29, 0.717) is 22.9 Å². The Bertz CT molecular complexity index is 1510. The monoisotopic (exact) mass is 508 g/mol. The summed E-state index contributed by atoms with van der Waals surface area (Å²) in [5, 5.41) is 9.20. The number of rotatable bonds is 5. The van der Waals surface area contributed by atoms with Gasteiger partial charge in [-0.05, 0) is 31.0 Å². The van der Waals surface area contributed by atoms with E-state index < -0.39 is 0 Å². The fourth-order valence-electron chi connectivity index (χ4n) is 6.44. The summed E-state index contributed by atoms with van der Waals surface area (Å²) in [6, 6.07) is 18.4. The molecule has 1 aliphatic heterocycles. The Morgan fingerprint density at radius 2 is 1.58 bits per heavy atom. The van der Waals surface area contributed by atoms with E-state index in [1.54, 1.807) is 7.11 Å². The largest absolute Gasteiger partial charge is 0.495 e. The van der Waals surface area contributed by atoms with Gasteiger partial charge in [-0.3, -0.25) is 4.79 Å². The number of hydrogen-bond donors (Lipinski definition) is 1. The molecule has 2 fully saturated rings. The number of ketones is 1. The standard InChI is InChI=1S/C31H32N4O3/c1-37-26-14-8-7-13-24(26)34-15-17-35(18-16-34)25-19-23(32-20-9-3-2-4-10-20)27-28-29(25)33-38-31(28)22-12-6-5-11-21(22)30(27)36/h5-8,11-14,19-20,32H,2-4,9-10,15-18H2,1H3. The van der Waals surface area contributed by atoms with Crippen LogP contribution in [0.1, 0.15) is 48.0 Å². The number of nitrogens with one attached hydrogen (secondary N) is 1. The molecular weight excluding hydrogens is 476 g/mol. The second-order valence-electron chi connectivity index (χ2n) is 10.6. The number of benzene rings is 3. The highest BCUT2D eigenvalue weighted by Crippen LogP contribution is 2.46. The zero-order valence-electron chi connectivity index (χ0n) is 21.7. The van der Waals surface area contributed by atoms with E-state index in [9.17, 15) is 4.79 Å². The highest BCUT2D eigenvalue weighted by molar-refractivity contribution is 6.28. The summed E-state index contributed by atoms with van der Waals surface area (Å²) >= 11 is 0. The van der Waals surface area contributed by atoms with Crippen molar-refractivity contribution in [3.8, 4) is 17.1 Å². The van der Waals surface area contributed by atoms with Gasteiger partial charge in [-0.1, -0.05) is 60.8 Å². The van der Waals surface area contributed by atoms with E-state index in [1.807, 2.05) is 36.4 Å². The van der Waals surface area contributed by atoms with Gasteiger partial charge in [0.25, 0.3) is 0 Å². The highest BCUT2D eigenvalue weighted by Gasteiger charge is 2.34. The fourth-order valence-corrected chi connectivity index (χ4v) is 6.44. The molecule has 38 heavy (non-hydrogen) atoms. The first-order chi connectivity index (χ1) is 18.7. The van der Waals surface area contributed by atoms with E-state index in [-0.39, 0.29) is 5.78 Å². The van der Waals surface area contributed by atoms with Crippen LogP contribution in [0, 0.1) is 0 Å². The van der Waals surface area contributed by atoms with E-state index in [0.717, 1.165) is 78.3 Å². The van der Waals surface area contributed by atoms with E-state index in [4.69, 9.17) is 9.26 Å². The van der Waals surface area contributed by atoms with Crippen LogP contribution in [0.5, 0.6) is 5.75 Å². The molecule has 0 spiro atoms. The van der Waals surface area contributed by atoms with Crippen molar-refractivity contribution in [2.24, 2.45) is 0 Å². The van der Waals surface area contributed by atoms with Crippen LogP contribution < -0.4 is 19.9 Å². The van der Waals surface area contributed by atoms with Gasteiger partial charge in [0.15, 0.2) is 11.5 Å². The van der Waals surface area contributed by atoms with Crippen LogP contribution in [-0.2, 0) is 0 Å². The number of nitrogens with zero attached hydrogens (tertiary/aromatic N) is 3. The zero-order valence-corrected chi connectivity index (χ0v) is 21.7. The van der Waals surface area contributed by atoms with Gasteiger partial charge < -0.3 is 24.4 Å². The Labute approximate surface area is 222 Å². The van der Waals surface area contributed by atoms with Gasteiger partial charge >= 0.3 is 0 Å². The molecule has 194 valence electrons. The molecule has 7 nitrogen and oxygen atoms in total. The van der Waals surface area contributed by atoms with Crippen LogP contribution in [0.25, 0.3) is 22.2 Å². The maximum absolute atomic E-state index is 13.9. The normalized spacial score (nSPS) is 17.6. The van der Waals surface area contributed by atoms with E-state index in [2.05, 4.69) is 38.5 Å². The first-order valence-electron chi connectivity index (χ1n) is 13.7. The van der Waals surface area contributed by atoms with Gasteiger partial charge in [0, 0.05) is 49.0 Å². The Morgan fingerprint density at radius 1 is 0.895 bits per heavy atom. The molecule has 0 bridgehead atoms. The van der Waals surface area contributed by atoms with Crippen LogP contribution in [0.2, 0.25) is 0 Å². The summed E-state index contributed by atoms with van der Waals surface area (Å²) in [5.41, 5.74) is 6.06. The lowest BCUT2D eigenvalue weighted by Gasteiger charge is -2.38. The maximum atomic E-state index is 13.9. The summed E-state index contributed by atoms with van der Waals surface area (Å²) < 4.78 is 11.6. The average molecular weight is 509 g/mol. The second kappa shape index (κ2) is 9.39. The maximum Gasteiger partial charge on any atom is 0.196 e. The fraction of sp³-hybridized carbons (Fsp3) is 0.355. The van der Waals surface area contributed by atoms with Crippen molar-refractivity contribution in [1.29, 1.82) is 0 Å². The lowest BCUT2D eigenvalue weighted by molar-refractivity contribution is 0.104. The molecule has 3 aliphatic rings. The molecule has 1 N–H and O–H groups in total. The topological polar surface area (TPSA) is 70.8 Å². The number of carbonyl (C=O) groups excluding carboxylic acids is 1. The first-order valence-corrected chi connectivity index (χ1v) is 13.7. The van der Waals surface area contributed by atoms with Crippen LogP contribution >= 0.6 is 0 Å². The van der Waals surface area contributed by atoms with Gasteiger partial charge in [0.1, 0.15) is 11.3 Å². The molecule has 0 unspecified atom stereocenters. The number of fused-ring (bicyclic) bond motifs is 2. The van der Waals surface area contributed by atoms with E-state index in [1.165, 1.54) is 19.3 Å². The molecule has 1 saturated heterocycles. The molecule has 1 saturated carbocycles. The van der Waals surface area contributed by atoms with Crippen LogP contribution in [-0.4, -0.2) is 50.3 Å². The summed E-state index contributed by atoms with van der Waals surface area (Å²) in [6.07, 6.45) is 6.00. The Kier molecular flexibility index (Phi) is 5.72. The van der Waals surface area contributed by atoms with Crippen LogP contribution in [0.15, 0.2) is 59.1 Å². The Hall–Kier alpha value is -4.00. The quantitative estimate of drug-likeness (QED) is 0.307. The number of anilines is 3. The van der Waals surface area contributed by atoms with Crippen LogP contribution in [0.3, 0.4) is 0 Å². The number of ether oxygens (including phenoxy) is 1. The lowest BCUT2D eigenvalue weighted by Crippen LogP contribution is -2.46. The summed E-state index contributed by atoms with van der Waals surface area (Å²) in [4.78, 5) is 18.6. The molecule has 2 aliphatic carbocycles. The number of piperazine rings is 1. The minimum Gasteiger partial charge on any atom is -0.495 e. The molecule has 2 heterocycles. The van der Waals surface area contributed by atoms with Gasteiger partial charge in [-0.2, -0.15) is 0 Å². The zero-order chi connectivity index (χ0) is 25.6. The first kappa shape index (κ1) is 23.1. The average Bonchev–Trinajstić information content (AvgIpc) is 3.42. The predicted octanol–water partition coefficient (Wildman–Crippen LogP) is 6.12. The Balaban J connectivity index is 1.29. The van der Waals surface area contributed by atoms with Crippen molar-refractivity contribution in [1.82, 2.24) is 5.16 Å². The van der Waals surface area contributed by atoms with Crippen molar-refractivity contribution < 1.29 is 14.1 Å². The predicted molar refractivity (Wildman–Crippen MR) is 151 cm³/mol. The molecule has 3 aromatic carbocycles. The molecule has 7 heteroatoms. The number of para-hydroxylation sites is 2. The van der Waals surface area contributed by atoms with Crippen molar-refractivity contribution in [2.75, 3.05) is 48.4 Å². The SMILES string of the molecule is COc1ccccc1N1CCN(c2cc(NC3CCCCC3)c3c4c(onc24)-c2ccccc2C3=O)CC1. The minimum absolute atomic E-state index is 0.0483. The molecule has 0 atom stereocenters. The molecule has 0 amide bonds. The Morgan fingerprint density at radius 3 is 2.34 bits per heavy atom. The summed E-state index contributed by atoms with van der Waals surface area (Å²) in [5.74, 6) is 1.64. The van der Waals surface area contributed by atoms with Gasteiger partial charge in [-0.25, -0.2) is 0 Å². The minimum atomic E-state index is 0.0483. The van der Waals surface area contributed by atoms with E-state index >= 15 is 0 Å². The summed E-state index contributed by atoms with van der Waals surface area (Å²) in [6.45, 7) is 3.40. The van der Waals surface area contributed by atoms with Gasteiger partial charge in [0.2, 0.25) is 0 Å². The summed E-state index contributed by atoms with van der Waals surface area (Å²) in [7, 11) is 1.72. The van der Waals surface area contributed by atoms with Gasteiger partial charge in [0.05, 0.1) is 29.4 Å². The molecule has 4 aromatic rings. The van der Waals surface area contributed by atoms with Crippen molar-refractivity contribution >= 4 is 33.7 Å². The number of aromatic nitrogens is 1. The molecular formula is C31H32N4O3. The number of methoxy groups -OCH3 is 1. The second-order valence-corrected chi connectivity index (χ2v) is 10.6. The third kappa shape index (κ3) is 3.71. The van der Waals surface area contributed by atoms with Crippen molar-refractivity contribution in [3.05, 3.63) is 65.7 Å². The molecule has 1 aromatic heterocycles. The lowest BCUT2D eigenvalue weighted by atomic mass is 9.85. The molecule has 7 rings (SSSR count). The molecule has 0 radical (unpaired) electrons. The van der Waals surface area contributed by atoms with Crippen molar-refractivity contribution in [2.45, 2.75) is 38.1 Å². The van der Waals surface area contributed by atoms with Gasteiger partial charge in [-0.15, -0.1) is 0 Å². The third-order valence-electron chi connectivity index (χ3n) is 8.39. The highest BCUT2D eigenvalue weighted by atomic mass is 16.5. The smallest absolute Gasteiger partial charge is 0.196 e.